The fourth-order valence-corrected chi connectivity index (χ4v) is 2.88. The summed E-state index contributed by atoms with van der Waals surface area (Å²) in [5, 5.41) is 3.44. The van der Waals surface area contributed by atoms with Crippen LogP contribution >= 0.6 is 37.2 Å². The topological polar surface area (TPSA) is 28.2 Å². The van der Waals surface area contributed by atoms with Crippen molar-refractivity contribution in [3.63, 3.8) is 0 Å². The molecule has 3 heterocycles. The summed E-state index contributed by atoms with van der Waals surface area (Å²) in [5.74, 6) is 0. The highest BCUT2D eigenvalue weighted by molar-refractivity contribution is 5.86. The Labute approximate surface area is 133 Å². The van der Waals surface area contributed by atoms with Gasteiger partial charge in [-0.3, -0.25) is 9.88 Å². The lowest BCUT2D eigenvalue weighted by atomic mass is 9.97. The number of nitrogens with one attached hydrogen (secondary N) is 1. The van der Waals surface area contributed by atoms with E-state index in [0.29, 0.717) is 0 Å². The van der Waals surface area contributed by atoms with E-state index in [4.69, 9.17) is 0 Å². The molecule has 1 saturated heterocycles. The Balaban J connectivity index is 0.00000108. The van der Waals surface area contributed by atoms with Crippen LogP contribution in [0.1, 0.15) is 24.0 Å². The van der Waals surface area contributed by atoms with Crippen molar-refractivity contribution >= 4 is 37.2 Å². The molecule has 0 atom stereocenters. The van der Waals surface area contributed by atoms with Gasteiger partial charge in [0.2, 0.25) is 0 Å². The lowest BCUT2D eigenvalue weighted by Gasteiger charge is -2.37. The molecular formula is C13H22Cl3N3. The van der Waals surface area contributed by atoms with Crippen molar-refractivity contribution in [2.75, 3.05) is 19.6 Å². The summed E-state index contributed by atoms with van der Waals surface area (Å²) >= 11 is 0. The van der Waals surface area contributed by atoms with Crippen molar-refractivity contribution in [1.82, 2.24) is 15.2 Å². The normalized spacial score (nSPS) is 19.4. The first-order valence-electron chi connectivity index (χ1n) is 6.30. The summed E-state index contributed by atoms with van der Waals surface area (Å²) < 4.78 is 0. The number of rotatable bonds is 1. The van der Waals surface area contributed by atoms with Gasteiger partial charge >= 0.3 is 0 Å². The predicted molar refractivity (Wildman–Crippen MR) is 86.0 cm³/mol. The smallest absolute Gasteiger partial charge is 0.0303 e. The summed E-state index contributed by atoms with van der Waals surface area (Å²) in [6, 6.07) is 2.98. The molecule has 0 unspecified atom stereocenters. The molecule has 0 saturated carbocycles. The van der Waals surface area contributed by atoms with Gasteiger partial charge in [-0.25, -0.2) is 0 Å². The first kappa shape index (κ1) is 18.9. The Bertz CT molecular complexity index is 370. The van der Waals surface area contributed by atoms with Gasteiger partial charge in [0.05, 0.1) is 0 Å². The Morgan fingerprint density at radius 2 is 1.84 bits per heavy atom. The molecule has 0 radical (unpaired) electrons. The monoisotopic (exact) mass is 325 g/mol. The fraction of sp³-hybridized carbons (Fsp3) is 0.615. The van der Waals surface area contributed by atoms with E-state index in [1.165, 1.54) is 50.0 Å². The van der Waals surface area contributed by atoms with E-state index in [9.17, 15) is 0 Å². The average Bonchev–Trinajstić information content (AvgIpc) is 2.39. The first-order valence-corrected chi connectivity index (χ1v) is 6.30. The molecule has 2 aliphatic rings. The van der Waals surface area contributed by atoms with E-state index in [-0.39, 0.29) is 37.2 Å². The molecule has 2 aliphatic heterocycles. The van der Waals surface area contributed by atoms with Gasteiger partial charge in [0.1, 0.15) is 0 Å². The van der Waals surface area contributed by atoms with Crippen LogP contribution < -0.4 is 5.32 Å². The highest BCUT2D eigenvalue weighted by Crippen LogP contribution is 2.22. The van der Waals surface area contributed by atoms with Crippen molar-refractivity contribution in [2.45, 2.75) is 31.8 Å². The van der Waals surface area contributed by atoms with Gasteiger partial charge in [0, 0.05) is 31.5 Å². The lowest BCUT2D eigenvalue weighted by molar-refractivity contribution is 0.147. The quantitative estimate of drug-likeness (QED) is 0.859. The van der Waals surface area contributed by atoms with Crippen molar-refractivity contribution < 1.29 is 0 Å². The second kappa shape index (κ2) is 8.98. The van der Waals surface area contributed by atoms with E-state index in [1.807, 2.05) is 12.4 Å². The second-order valence-corrected chi connectivity index (χ2v) is 4.85. The predicted octanol–water partition coefficient (Wildman–Crippen LogP) is 2.46. The average molecular weight is 327 g/mol. The minimum Gasteiger partial charge on any atom is -0.317 e. The summed E-state index contributed by atoms with van der Waals surface area (Å²) in [5.41, 5.74) is 2.94. The summed E-state index contributed by atoms with van der Waals surface area (Å²) in [6.07, 6.45) is 7.74. The Morgan fingerprint density at radius 1 is 1.11 bits per heavy atom. The van der Waals surface area contributed by atoms with Gasteiger partial charge < -0.3 is 5.32 Å². The Kier molecular flexibility index (Phi) is 8.95. The van der Waals surface area contributed by atoms with Crippen LogP contribution in [0.3, 0.4) is 0 Å². The van der Waals surface area contributed by atoms with Crippen LogP contribution in [0, 0.1) is 0 Å². The third-order valence-electron chi connectivity index (χ3n) is 3.87. The fourth-order valence-electron chi connectivity index (χ4n) is 2.88. The van der Waals surface area contributed by atoms with E-state index >= 15 is 0 Å². The van der Waals surface area contributed by atoms with Crippen LogP contribution in [0.4, 0.5) is 0 Å². The number of hydrogen-bond donors (Lipinski definition) is 1. The number of fused-ring (bicyclic) bond motifs is 1. The molecule has 19 heavy (non-hydrogen) atoms. The van der Waals surface area contributed by atoms with Crippen LogP contribution in [-0.4, -0.2) is 35.6 Å². The zero-order valence-electron chi connectivity index (χ0n) is 10.9. The molecule has 0 aromatic carbocycles. The number of aromatic nitrogens is 1. The molecule has 1 aromatic rings. The molecule has 110 valence electrons. The van der Waals surface area contributed by atoms with Gasteiger partial charge in [0.25, 0.3) is 0 Å². The van der Waals surface area contributed by atoms with Crippen LogP contribution in [0.5, 0.6) is 0 Å². The van der Waals surface area contributed by atoms with Crippen molar-refractivity contribution in [2.24, 2.45) is 0 Å². The zero-order valence-corrected chi connectivity index (χ0v) is 13.3. The van der Waals surface area contributed by atoms with E-state index < -0.39 is 0 Å². The van der Waals surface area contributed by atoms with Crippen LogP contribution in [0.2, 0.25) is 0 Å². The molecule has 0 bridgehead atoms. The lowest BCUT2D eigenvalue weighted by Crippen LogP contribution is -2.45. The summed E-state index contributed by atoms with van der Waals surface area (Å²) in [7, 11) is 0. The highest BCUT2D eigenvalue weighted by Gasteiger charge is 2.24. The van der Waals surface area contributed by atoms with Crippen molar-refractivity contribution in [3.05, 3.63) is 29.6 Å². The molecular weight excluding hydrogens is 305 g/mol. The maximum absolute atomic E-state index is 4.21. The van der Waals surface area contributed by atoms with Gasteiger partial charge in [-0.05, 0) is 49.5 Å². The largest absolute Gasteiger partial charge is 0.317 e. The minimum absolute atomic E-state index is 0. The number of nitrogens with zero attached hydrogens (tertiary/aromatic N) is 2. The van der Waals surface area contributed by atoms with Crippen LogP contribution in [-0.2, 0) is 13.0 Å². The minimum atomic E-state index is 0. The van der Waals surface area contributed by atoms with E-state index in [2.05, 4.69) is 21.3 Å². The third kappa shape index (κ3) is 4.47. The molecule has 0 spiro atoms. The molecule has 3 nitrogen and oxygen atoms in total. The number of pyridine rings is 1. The standard InChI is InChI=1S/C13H19N3.3ClH/c1-5-15-9-11-4-8-16(10-12(1)11)13-2-6-14-7-3-13;;;/h1,5,9,13-14H,2-4,6-8,10H2;3*1H. The maximum Gasteiger partial charge on any atom is 0.0303 e. The van der Waals surface area contributed by atoms with Gasteiger partial charge in [-0.2, -0.15) is 0 Å². The SMILES string of the molecule is Cl.Cl.Cl.c1cc2c(cn1)CCN(C1CCNCC1)C2. The molecule has 1 aromatic heterocycles. The molecule has 0 aliphatic carbocycles. The molecule has 1 N–H and O–H groups in total. The van der Waals surface area contributed by atoms with Gasteiger partial charge in [-0.15, -0.1) is 37.2 Å². The Morgan fingerprint density at radius 3 is 2.58 bits per heavy atom. The molecule has 6 heteroatoms. The van der Waals surface area contributed by atoms with Crippen molar-refractivity contribution in [1.29, 1.82) is 0 Å². The number of halogens is 3. The Hall–Kier alpha value is -0.0600. The first-order chi connectivity index (χ1) is 7.93. The maximum atomic E-state index is 4.21. The third-order valence-corrected chi connectivity index (χ3v) is 3.87. The molecule has 0 amide bonds. The summed E-state index contributed by atoms with van der Waals surface area (Å²) in [4.78, 5) is 6.86. The van der Waals surface area contributed by atoms with Crippen molar-refractivity contribution in [3.8, 4) is 0 Å². The molecule has 1 fully saturated rings. The molecule has 3 rings (SSSR count). The second-order valence-electron chi connectivity index (χ2n) is 4.85. The van der Waals surface area contributed by atoms with Gasteiger partial charge in [-0.1, -0.05) is 0 Å². The van der Waals surface area contributed by atoms with Gasteiger partial charge in [0.15, 0.2) is 0 Å². The van der Waals surface area contributed by atoms with E-state index in [1.54, 1.807) is 0 Å². The zero-order chi connectivity index (χ0) is 10.8. The van der Waals surface area contributed by atoms with Crippen LogP contribution in [0.15, 0.2) is 18.5 Å². The van der Waals surface area contributed by atoms with E-state index in [0.717, 1.165) is 12.6 Å². The number of hydrogen-bond acceptors (Lipinski definition) is 3. The summed E-state index contributed by atoms with van der Waals surface area (Å²) in [6.45, 7) is 4.71. The number of piperidine rings is 1. The van der Waals surface area contributed by atoms with Crippen LogP contribution in [0.25, 0.3) is 0 Å². The highest BCUT2D eigenvalue weighted by atomic mass is 35.5.